The van der Waals surface area contributed by atoms with E-state index in [2.05, 4.69) is 4.74 Å². The molecule has 1 aromatic heterocycles. The summed E-state index contributed by atoms with van der Waals surface area (Å²) in [6.45, 7) is 5.96. The summed E-state index contributed by atoms with van der Waals surface area (Å²) >= 11 is 0. The number of nitrogens with zero attached hydrogens (tertiary/aromatic N) is 1. The summed E-state index contributed by atoms with van der Waals surface area (Å²) in [6, 6.07) is 7.73. The summed E-state index contributed by atoms with van der Waals surface area (Å²) in [5.74, 6) is -1.40. The summed E-state index contributed by atoms with van der Waals surface area (Å²) in [5, 5.41) is 0. The summed E-state index contributed by atoms with van der Waals surface area (Å²) in [6.07, 6.45) is 0. The maximum Gasteiger partial charge on any atom is 0.338 e. The molecule has 0 saturated carbocycles. The summed E-state index contributed by atoms with van der Waals surface area (Å²) in [7, 11) is 2.91. The molecule has 150 valence electrons. The van der Waals surface area contributed by atoms with Crippen molar-refractivity contribution in [3.05, 3.63) is 58.4 Å². The second-order valence-corrected chi connectivity index (χ2v) is 6.53. The monoisotopic (exact) mass is 387 g/mol. The fourth-order valence-electron chi connectivity index (χ4n) is 3.21. The maximum atomic E-state index is 12.5. The van der Waals surface area contributed by atoms with Gasteiger partial charge in [-0.1, -0.05) is 0 Å². The SMILES string of the molecule is COC[C@@H](C)n1c(C)cc(C(=O)COC(=O)c2ccc(C(=O)OC)cc2)c1C. The van der Waals surface area contributed by atoms with Crippen LogP contribution in [0.4, 0.5) is 0 Å². The molecule has 0 radical (unpaired) electrons. The van der Waals surface area contributed by atoms with Crippen molar-refractivity contribution in [2.24, 2.45) is 0 Å². The van der Waals surface area contributed by atoms with Gasteiger partial charge in [-0.3, -0.25) is 4.79 Å². The first-order valence-corrected chi connectivity index (χ1v) is 8.86. The van der Waals surface area contributed by atoms with Gasteiger partial charge in [0.15, 0.2) is 6.61 Å². The van der Waals surface area contributed by atoms with Gasteiger partial charge in [0.05, 0.1) is 30.9 Å². The van der Waals surface area contributed by atoms with Crippen LogP contribution in [0.5, 0.6) is 0 Å². The van der Waals surface area contributed by atoms with E-state index in [0.29, 0.717) is 17.7 Å². The molecular formula is C21H25NO6. The average molecular weight is 387 g/mol. The molecule has 1 atom stereocenters. The van der Waals surface area contributed by atoms with Gasteiger partial charge >= 0.3 is 11.9 Å². The van der Waals surface area contributed by atoms with E-state index in [1.165, 1.54) is 31.4 Å². The lowest BCUT2D eigenvalue weighted by Gasteiger charge is -2.17. The lowest BCUT2D eigenvalue weighted by Crippen LogP contribution is -2.17. The van der Waals surface area contributed by atoms with Gasteiger partial charge in [-0.05, 0) is 51.1 Å². The number of aryl methyl sites for hydroxylation is 1. The molecular weight excluding hydrogens is 362 g/mol. The van der Waals surface area contributed by atoms with Gasteiger partial charge in [0.25, 0.3) is 0 Å². The van der Waals surface area contributed by atoms with Crippen LogP contribution in [-0.4, -0.2) is 49.7 Å². The molecule has 28 heavy (non-hydrogen) atoms. The Labute approximate surface area is 164 Å². The van der Waals surface area contributed by atoms with E-state index < -0.39 is 11.9 Å². The smallest absolute Gasteiger partial charge is 0.338 e. The molecule has 0 aliphatic rings. The summed E-state index contributed by atoms with van der Waals surface area (Å²) < 4.78 is 17.0. The molecule has 1 aromatic carbocycles. The fraction of sp³-hybridized carbons (Fsp3) is 0.381. The molecule has 0 aliphatic carbocycles. The average Bonchev–Trinajstić information content (AvgIpc) is 2.99. The Morgan fingerprint density at radius 2 is 1.57 bits per heavy atom. The Kier molecular flexibility index (Phi) is 7.12. The molecule has 0 aliphatic heterocycles. The third-order valence-electron chi connectivity index (χ3n) is 4.51. The first-order chi connectivity index (χ1) is 13.3. The molecule has 0 N–H and O–H groups in total. The van der Waals surface area contributed by atoms with E-state index in [1.807, 2.05) is 25.3 Å². The van der Waals surface area contributed by atoms with Crippen molar-refractivity contribution in [1.82, 2.24) is 4.57 Å². The van der Waals surface area contributed by atoms with Crippen LogP contribution in [0.15, 0.2) is 30.3 Å². The van der Waals surface area contributed by atoms with Crippen molar-refractivity contribution >= 4 is 17.7 Å². The van der Waals surface area contributed by atoms with Crippen molar-refractivity contribution in [3.63, 3.8) is 0 Å². The predicted octanol–water partition coefficient (Wildman–Crippen LogP) is 3.14. The minimum atomic E-state index is -0.633. The normalized spacial score (nSPS) is 11.8. The van der Waals surface area contributed by atoms with E-state index in [9.17, 15) is 14.4 Å². The Morgan fingerprint density at radius 1 is 1.00 bits per heavy atom. The Balaban J connectivity index is 2.05. The van der Waals surface area contributed by atoms with Gasteiger partial charge in [-0.2, -0.15) is 0 Å². The van der Waals surface area contributed by atoms with Gasteiger partial charge < -0.3 is 18.8 Å². The highest BCUT2D eigenvalue weighted by atomic mass is 16.5. The number of Topliss-reactive ketones (excluding diaryl/α,β-unsaturated/α-hetero) is 1. The van der Waals surface area contributed by atoms with Crippen molar-refractivity contribution in [1.29, 1.82) is 0 Å². The molecule has 0 saturated heterocycles. The van der Waals surface area contributed by atoms with E-state index in [0.717, 1.165) is 11.4 Å². The number of esters is 2. The molecule has 1 heterocycles. The van der Waals surface area contributed by atoms with Crippen molar-refractivity contribution in [2.45, 2.75) is 26.8 Å². The van der Waals surface area contributed by atoms with Gasteiger partial charge in [0.2, 0.25) is 5.78 Å². The van der Waals surface area contributed by atoms with Gasteiger partial charge in [-0.25, -0.2) is 9.59 Å². The Bertz CT molecular complexity index is 866. The van der Waals surface area contributed by atoms with Crippen LogP contribution in [0.1, 0.15) is 55.4 Å². The predicted molar refractivity (Wildman–Crippen MR) is 103 cm³/mol. The largest absolute Gasteiger partial charge is 0.465 e. The molecule has 7 nitrogen and oxygen atoms in total. The molecule has 7 heteroatoms. The second kappa shape index (κ2) is 9.32. The van der Waals surface area contributed by atoms with Crippen molar-refractivity contribution < 1.29 is 28.6 Å². The zero-order valence-corrected chi connectivity index (χ0v) is 16.8. The molecule has 0 unspecified atom stereocenters. The number of methoxy groups -OCH3 is 2. The minimum absolute atomic E-state index is 0.0856. The number of hydrogen-bond donors (Lipinski definition) is 0. The van der Waals surface area contributed by atoms with Gasteiger partial charge in [0, 0.05) is 24.1 Å². The molecule has 0 amide bonds. The van der Waals surface area contributed by atoms with Crippen LogP contribution < -0.4 is 0 Å². The van der Waals surface area contributed by atoms with E-state index in [4.69, 9.17) is 9.47 Å². The highest BCUT2D eigenvalue weighted by Gasteiger charge is 2.20. The van der Waals surface area contributed by atoms with Gasteiger partial charge in [0.1, 0.15) is 0 Å². The molecule has 0 bridgehead atoms. The van der Waals surface area contributed by atoms with Crippen LogP contribution >= 0.6 is 0 Å². The van der Waals surface area contributed by atoms with E-state index in [-0.39, 0.29) is 24.0 Å². The van der Waals surface area contributed by atoms with Crippen molar-refractivity contribution in [3.8, 4) is 0 Å². The van der Waals surface area contributed by atoms with Crippen molar-refractivity contribution in [2.75, 3.05) is 27.4 Å². The number of benzene rings is 1. The van der Waals surface area contributed by atoms with E-state index >= 15 is 0 Å². The molecule has 0 fully saturated rings. The molecule has 0 spiro atoms. The minimum Gasteiger partial charge on any atom is -0.465 e. The highest BCUT2D eigenvalue weighted by molar-refractivity contribution is 6.00. The number of ether oxygens (including phenoxy) is 3. The van der Waals surface area contributed by atoms with Crippen LogP contribution in [0.25, 0.3) is 0 Å². The Hall–Kier alpha value is -2.93. The molecule has 2 aromatic rings. The highest BCUT2D eigenvalue weighted by Crippen LogP contribution is 2.21. The molecule has 2 rings (SSSR count). The van der Waals surface area contributed by atoms with Crippen LogP contribution in [-0.2, 0) is 14.2 Å². The number of carbonyl (C=O) groups is 3. The topological polar surface area (TPSA) is 83.8 Å². The number of aromatic nitrogens is 1. The maximum absolute atomic E-state index is 12.5. The fourth-order valence-corrected chi connectivity index (χ4v) is 3.21. The Morgan fingerprint density at radius 3 is 2.11 bits per heavy atom. The number of carbonyl (C=O) groups excluding carboxylic acids is 3. The standard InChI is InChI=1S/C21H25NO6/c1-13-10-18(15(3)22(13)14(2)11-26-4)19(23)12-28-21(25)17-8-6-16(7-9-17)20(24)27-5/h6-10,14H,11-12H2,1-5H3/t14-/m1/s1. The summed E-state index contributed by atoms with van der Waals surface area (Å²) in [4.78, 5) is 36.1. The van der Waals surface area contributed by atoms with Crippen LogP contribution in [0, 0.1) is 13.8 Å². The second-order valence-electron chi connectivity index (χ2n) is 6.53. The third kappa shape index (κ3) is 4.67. The van der Waals surface area contributed by atoms with Gasteiger partial charge in [-0.15, -0.1) is 0 Å². The number of rotatable bonds is 8. The van der Waals surface area contributed by atoms with Crippen LogP contribution in [0.3, 0.4) is 0 Å². The zero-order chi connectivity index (χ0) is 20.8. The van der Waals surface area contributed by atoms with Crippen LogP contribution in [0.2, 0.25) is 0 Å². The lowest BCUT2D eigenvalue weighted by molar-refractivity contribution is 0.0473. The first-order valence-electron chi connectivity index (χ1n) is 8.86. The number of hydrogen-bond acceptors (Lipinski definition) is 6. The lowest BCUT2D eigenvalue weighted by atomic mass is 10.1. The summed E-state index contributed by atoms with van der Waals surface area (Å²) in [5.41, 5.74) is 2.85. The number of ketones is 1. The quantitative estimate of drug-likeness (QED) is 0.511. The first kappa shape index (κ1) is 21.4. The third-order valence-corrected chi connectivity index (χ3v) is 4.51. The zero-order valence-electron chi connectivity index (χ0n) is 16.8. The van der Waals surface area contributed by atoms with E-state index in [1.54, 1.807) is 13.2 Å².